The van der Waals surface area contributed by atoms with Crippen molar-refractivity contribution >= 4 is 40.4 Å². The van der Waals surface area contributed by atoms with Crippen LogP contribution in [0.25, 0.3) is 11.1 Å². The molecule has 0 radical (unpaired) electrons. The number of amides is 2. The Morgan fingerprint density at radius 3 is 2.73 bits per heavy atom. The summed E-state index contributed by atoms with van der Waals surface area (Å²) in [5.74, 6) is 1.52. The van der Waals surface area contributed by atoms with E-state index in [1.54, 1.807) is 6.07 Å². The zero-order valence-corrected chi connectivity index (χ0v) is 17.4. The van der Waals surface area contributed by atoms with Crippen molar-refractivity contribution in [2.24, 2.45) is 0 Å². The highest BCUT2D eigenvalue weighted by Crippen LogP contribution is 2.40. The van der Waals surface area contributed by atoms with E-state index < -0.39 is 0 Å². The normalized spacial score (nSPS) is 16.2. The molecule has 1 aromatic heterocycles. The molecule has 6 nitrogen and oxygen atoms in total. The smallest absolute Gasteiger partial charge is 0.256 e. The topological polar surface area (TPSA) is 75.4 Å². The number of anilines is 1. The number of benzene rings is 2. The minimum Gasteiger partial charge on any atom is -0.440 e. The molecule has 5 rings (SSSR count). The molecule has 154 valence electrons. The van der Waals surface area contributed by atoms with Crippen molar-refractivity contribution in [2.45, 2.75) is 36.5 Å². The Morgan fingerprint density at radius 2 is 1.93 bits per heavy atom. The Hall–Kier alpha value is -2.80. The summed E-state index contributed by atoms with van der Waals surface area (Å²) in [5.41, 5.74) is 2.74. The van der Waals surface area contributed by atoms with Crippen molar-refractivity contribution in [3.63, 3.8) is 0 Å². The second-order valence-electron chi connectivity index (χ2n) is 7.84. The summed E-state index contributed by atoms with van der Waals surface area (Å²) >= 11 is 1.42. The predicted octanol–water partition coefficient (Wildman–Crippen LogP) is 4.67. The predicted molar refractivity (Wildman–Crippen MR) is 117 cm³/mol. The van der Waals surface area contributed by atoms with Gasteiger partial charge in [0.05, 0.1) is 11.3 Å². The summed E-state index contributed by atoms with van der Waals surface area (Å²) in [6.45, 7) is 1.68. The fraction of sp³-hybridized carbons (Fsp3) is 0.348. The van der Waals surface area contributed by atoms with Gasteiger partial charge in [0.15, 0.2) is 11.5 Å². The lowest BCUT2D eigenvalue weighted by Crippen LogP contribution is -2.29. The van der Waals surface area contributed by atoms with Crippen molar-refractivity contribution in [3.05, 3.63) is 53.9 Å². The Balaban J connectivity index is 1.28. The van der Waals surface area contributed by atoms with E-state index in [0.717, 1.165) is 60.7 Å². The lowest BCUT2D eigenvalue weighted by atomic mass is 10.2. The Kier molecular flexibility index (Phi) is 5.21. The maximum atomic E-state index is 12.9. The number of hydrogen-bond acceptors (Lipinski definition) is 5. The van der Waals surface area contributed by atoms with Crippen LogP contribution < -0.4 is 5.32 Å². The van der Waals surface area contributed by atoms with Gasteiger partial charge in [0.2, 0.25) is 5.91 Å². The molecule has 2 amide bonds. The Bertz CT molecular complexity index is 1100. The third-order valence-electron chi connectivity index (χ3n) is 5.53. The summed E-state index contributed by atoms with van der Waals surface area (Å²) in [6.07, 6.45) is 4.41. The van der Waals surface area contributed by atoms with Crippen LogP contribution in [0, 0.1) is 0 Å². The number of thioether (sulfide) groups is 1. The van der Waals surface area contributed by atoms with Gasteiger partial charge in [0, 0.05) is 29.6 Å². The van der Waals surface area contributed by atoms with E-state index in [4.69, 9.17) is 4.42 Å². The summed E-state index contributed by atoms with van der Waals surface area (Å²) in [7, 11) is 0. The second-order valence-corrected chi connectivity index (χ2v) is 8.85. The van der Waals surface area contributed by atoms with Crippen LogP contribution in [0.2, 0.25) is 0 Å². The molecule has 2 heterocycles. The quantitative estimate of drug-likeness (QED) is 0.585. The number of oxazole rings is 1. The number of carbonyl (C=O) groups excluding carboxylic acids is 2. The highest BCUT2D eigenvalue weighted by molar-refractivity contribution is 8.00. The molecular formula is C23H23N3O3S. The fourth-order valence-corrected chi connectivity index (χ4v) is 4.66. The van der Waals surface area contributed by atoms with Gasteiger partial charge >= 0.3 is 0 Å². The zero-order valence-electron chi connectivity index (χ0n) is 16.6. The second kappa shape index (κ2) is 8.14. The lowest BCUT2D eigenvalue weighted by molar-refractivity contribution is -0.127. The van der Waals surface area contributed by atoms with Gasteiger partial charge in [-0.15, -0.1) is 11.8 Å². The van der Waals surface area contributed by atoms with Gasteiger partial charge in [-0.05, 0) is 56.0 Å². The molecule has 2 fully saturated rings. The van der Waals surface area contributed by atoms with E-state index in [2.05, 4.69) is 10.3 Å². The first-order chi connectivity index (χ1) is 14.7. The molecule has 2 aliphatic rings. The van der Waals surface area contributed by atoms with Gasteiger partial charge in [-0.25, -0.2) is 4.98 Å². The first kappa shape index (κ1) is 19.2. The number of nitrogens with one attached hydrogen (secondary N) is 1. The molecule has 1 saturated heterocycles. The van der Waals surface area contributed by atoms with Crippen molar-refractivity contribution in [1.29, 1.82) is 0 Å². The third-order valence-corrected chi connectivity index (χ3v) is 6.59. The highest BCUT2D eigenvalue weighted by Gasteiger charge is 2.29. The minimum absolute atomic E-state index is 0.135. The molecule has 2 aromatic carbocycles. The summed E-state index contributed by atoms with van der Waals surface area (Å²) in [5, 5.41) is 2.96. The Morgan fingerprint density at radius 1 is 1.13 bits per heavy atom. The third kappa shape index (κ3) is 4.07. The van der Waals surface area contributed by atoms with Crippen molar-refractivity contribution in [1.82, 2.24) is 9.88 Å². The van der Waals surface area contributed by atoms with Crippen molar-refractivity contribution < 1.29 is 14.0 Å². The van der Waals surface area contributed by atoms with E-state index >= 15 is 0 Å². The van der Waals surface area contributed by atoms with E-state index in [1.807, 2.05) is 41.3 Å². The van der Waals surface area contributed by atoms with Gasteiger partial charge in [-0.1, -0.05) is 12.1 Å². The standard InChI is InChI=1S/C23H23N3O3S/c27-21(26-11-3-4-12-26)14-30-20-6-2-1-5-17(20)22(28)24-16-9-10-19-18(13-16)25-23(29-19)15-7-8-15/h1-2,5-6,9-10,13,15H,3-4,7-8,11-12,14H2,(H,24,28). The monoisotopic (exact) mass is 421 g/mol. The van der Waals surface area contributed by atoms with Crippen LogP contribution in [-0.4, -0.2) is 40.5 Å². The molecule has 1 aliphatic carbocycles. The lowest BCUT2D eigenvalue weighted by Gasteiger charge is -2.15. The molecular weight excluding hydrogens is 398 g/mol. The first-order valence-electron chi connectivity index (χ1n) is 10.4. The first-order valence-corrected chi connectivity index (χ1v) is 11.4. The van der Waals surface area contributed by atoms with Gasteiger partial charge in [-0.3, -0.25) is 9.59 Å². The van der Waals surface area contributed by atoms with Gasteiger partial charge in [0.1, 0.15) is 5.52 Å². The zero-order chi connectivity index (χ0) is 20.5. The van der Waals surface area contributed by atoms with Crippen LogP contribution >= 0.6 is 11.8 Å². The molecule has 7 heteroatoms. The van der Waals surface area contributed by atoms with Crippen LogP contribution in [0.15, 0.2) is 51.8 Å². The van der Waals surface area contributed by atoms with E-state index in [1.165, 1.54) is 11.8 Å². The number of carbonyl (C=O) groups is 2. The maximum Gasteiger partial charge on any atom is 0.256 e. The van der Waals surface area contributed by atoms with Crippen LogP contribution in [0.3, 0.4) is 0 Å². The molecule has 1 saturated carbocycles. The molecule has 3 aromatic rings. The van der Waals surface area contributed by atoms with Gasteiger partial charge in [0.25, 0.3) is 5.91 Å². The van der Waals surface area contributed by atoms with E-state index in [9.17, 15) is 9.59 Å². The van der Waals surface area contributed by atoms with Crippen LogP contribution in [0.1, 0.15) is 47.8 Å². The molecule has 0 atom stereocenters. The SMILES string of the molecule is O=C(Nc1ccc2oc(C3CC3)nc2c1)c1ccccc1SCC(=O)N1CCCC1. The van der Waals surface area contributed by atoms with Crippen molar-refractivity contribution in [2.75, 3.05) is 24.2 Å². The molecule has 1 N–H and O–H groups in total. The van der Waals surface area contributed by atoms with Gasteiger partial charge < -0.3 is 14.6 Å². The highest BCUT2D eigenvalue weighted by atomic mass is 32.2. The summed E-state index contributed by atoms with van der Waals surface area (Å²) in [4.78, 5) is 32.6. The average molecular weight is 422 g/mol. The number of aromatic nitrogens is 1. The van der Waals surface area contributed by atoms with Crippen molar-refractivity contribution in [3.8, 4) is 0 Å². The Labute approximate surface area is 179 Å². The summed E-state index contributed by atoms with van der Waals surface area (Å²) in [6, 6.07) is 12.9. The average Bonchev–Trinajstić information content (AvgIpc) is 3.29. The maximum absolute atomic E-state index is 12.9. The van der Waals surface area contributed by atoms with Gasteiger partial charge in [-0.2, -0.15) is 0 Å². The minimum atomic E-state index is -0.197. The summed E-state index contributed by atoms with van der Waals surface area (Å²) < 4.78 is 5.79. The number of nitrogens with zero attached hydrogens (tertiary/aromatic N) is 2. The van der Waals surface area contributed by atoms with Crippen LogP contribution in [0.4, 0.5) is 5.69 Å². The number of rotatable bonds is 6. The van der Waals surface area contributed by atoms with Crippen LogP contribution in [0.5, 0.6) is 0 Å². The molecule has 0 spiro atoms. The largest absolute Gasteiger partial charge is 0.440 e. The van der Waals surface area contributed by atoms with E-state index in [-0.39, 0.29) is 11.8 Å². The fourth-order valence-electron chi connectivity index (χ4n) is 3.70. The van der Waals surface area contributed by atoms with Crippen LogP contribution in [-0.2, 0) is 4.79 Å². The number of hydrogen-bond donors (Lipinski definition) is 1. The molecule has 0 unspecified atom stereocenters. The molecule has 1 aliphatic heterocycles. The molecule has 30 heavy (non-hydrogen) atoms. The number of likely N-dealkylation sites (tertiary alicyclic amines) is 1. The molecule has 0 bridgehead atoms. The number of fused-ring (bicyclic) bond motifs is 1. The van der Waals surface area contributed by atoms with E-state index in [0.29, 0.717) is 22.9 Å².